The first kappa shape index (κ1) is 11.0. The molecule has 2 aliphatic carbocycles. The zero-order valence-corrected chi connectivity index (χ0v) is 9.88. The van der Waals surface area contributed by atoms with Gasteiger partial charge in [-0.25, -0.2) is 0 Å². The third kappa shape index (κ3) is 2.02. The summed E-state index contributed by atoms with van der Waals surface area (Å²) in [7, 11) is 0. The Kier molecular flexibility index (Phi) is 2.75. The first-order valence-electron chi connectivity index (χ1n) is 6.48. The lowest BCUT2D eigenvalue weighted by Gasteiger charge is -2.17. The molecular weight excluding hydrogens is 212 g/mol. The van der Waals surface area contributed by atoms with Gasteiger partial charge in [0, 0.05) is 12.3 Å². The molecule has 2 saturated carbocycles. The fraction of sp³-hybridized carbons (Fsp3) is 0.533. The first-order chi connectivity index (χ1) is 8.24. The minimum absolute atomic E-state index is 0.152. The molecule has 1 aromatic rings. The van der Waals surface area contributed by atoms with Gasteiger partial charge in [0.2, 0.25) is 0 Å². The van der Waals surface area contributed by atoms with Crippen molar-refractivity contribution in [1.82, 2.24) is 0 Å². The van der Waals surface area contributed by atoms with Gasteiger partial charge in [-0.1, -0.05) is 30.3 Å². The van der Waals surface area contributed by atoms with Crippen LogP contribution in [-0.4, -0.2) is 17.0 Å². The van der Waals surface area contributed by atoms with E-state index in [9.17, 15) is 9.90 Å². The smallest absolute Gasteiger partial charge is 0.136 e. The van der Waals surface area contributed by atoms with Crippen molar-refractivity contribution in [2.75, 3.05) is 0 Å². The highest BCUT2D eigenvalue weighted by molar-refractivity contribution is 5.84. The zero-order valence-electron chi connectivity index (χ0n) is 9.88. The van der Waals surface area contributed by atoms with Gasteiger partial charge < -0.3 is 5.11 Å². The maximum absolute atomic E-state index is 12.0. The van der Waals surface area contributed by atoms with Crippen molar-refractivity contribution in [3.8, 4) is 0 Å². The molecule has 0 aromatic heterocycles. The van der Waals surface area contributed by atoms with Crippen LogP contribution in [0.15, 0.2) is 30.3 Å². The number of hydrogen-bond donors (Lipinski definition) is 1. The molecule has 17 heavy (non-hydrogen) atoms. The molecule has 2 heteroatoms. The molecule has 0 saturated heterocycles. The molecule has 2 nitrogen and oxygen atoms in total. The van der Waals surface area contributed by atoms with Gasteiger partial charge in [-0.15, -0.1) is 0 Å². The Morgan fingerprint density at radius 2 is 1.94 bits per heavy atom. The lowest BCUT2D eigenvalue weighted by Crippen LogP contribution is -2.19. The van der Waals surface area contributed by atoms with E-state index in [0.29, 0.717) is 24.0 Å². The Morgan fingerprint density at radius 3 is 2.71 bits per heavy atom. The third-order valence-electron chi connectivity index (χ3n) is 4.42. The number of fused-ring (bicyclic) bond motifs is 1. The summed E-state index contributed by atoms with van der Waals surface area (Å²) < 4.78 is 0. The number of aliphatic hydroxyl groups is 1. The van der Waals surface area contributed by atoms with E-state index in [-0.39, 0.29) is 12.0 Å². The van der Waals surface area contributed by atoms with E-state index < -0.39 is 0 Å². The van der Waals surface area contributed by atoms with Gasteiger partial charge in [0.1, 0.15) is 5.78 Å². The second-order valence-electron chi connectivity index (χ2n) is 5.52. The van der Waals surface area contributed by atoms with Crippen LogP contribution >= 0.6 is 0 Å². The second kappa shape index (κ2) is 4.26. The molecule has 0 heterocycles. The van der Waals surface area contributed by atoms with Crippen LogP contribution in [0, 0.1) is 17.8 Å². The van der Waals surface area contributed by atoms with E-state index in [0.717, 1.165) is 19.3 Å². The SMILES string of the molecule is O=C1C[C@@H]2C[C@H](O)C[C@@H]2[C@H]1Cc1ccccc1. The summed E-state index contributed by atoms with van der Waals surface area (Å²) in [6.45, 7) is 0. The van der Waals surface area contributed by atoms with Gasteiger partial charge in [-0.05, 0) is 36.7 Å². The second-order valence-corrected chi connectivity index (χ2v) is 5.52. The van der Waals surface area contributed by atoms with Crippen molar-refractivity contribution >= 4 is 5.78 Å². The number of rotatable bonds is 2. The molecule has 2 aliphatic rings. The topological polar surface area (TPSA) is 37.3 Å². The average Bonchev–Trinajstić information content (AvgIpc) is 2.79. The van der Waals surface area contributed by atoms with Crippen molar-refractivity contribution in [2.24, 2.45) is 17.8 Å². The van der Waals surface area contributed by atoms with Gasteiger partial charge in [-0.3, -0.25) is 4.79 Å². The van der Waals surface area contributed by atoms with Crippen LogP contribution < -0.4 is 0 Å². The summed E-state index contributed by atoms with van der Waals surface area (Å²) >= 11 is 0. The molecule has 3 rings (SSSR count). The molecular formula is C15H18O2. The van der Waals surface area contributed by atoms with Gasteiger partial charge >= 0.3 is 0 Å². The van der Waals surface area contributed by atoms with Crippen LogP contribution in [0.2, 0.25) is 0 Å². The maximum Gasteiger partial charge on any atom is 0.136 e. The summed E-state index contributed by atoms with van der Waals surface area (Å²) in [6.07, 6.45) is 3.04. The van der Waals surface area contributed by atoms with E-state index in [1.165, 1.54) is 5.56 Å². The number of carbonyl (C=O) groups excluding carboxylic acids is 1. The van der Waals surface area contributed by atoms with Crippen molar-refractivity contribution in [1.29, 1.82) is 0 Å². The molecule has 2 fully saturated rings. The van der Waals surface area contributed by atoms with E-state index in [1.54, 1.807) is 0 Å². The lowest BCUT2D eigenvalue weighted by molar-refractivity contribution is -0.121. The Bertz CT molecular complexity index is 412. The van der Waals surface area contributed by atoms with Crippen molar-refractivity contribution < 1.29 is 9.90 Å². The van der Waals surface area contributed by atoms with Crippen LogP contribution in [0.5, 0.6) is 0 Å². The van der Waals surface area contributed by atoms with E-state index in [4.69, 9.17) is 0 Å². The van der Waals surface area contributed by atoms with Gasteiger partial charge in [0.25, 0.3) is 0 Å². The zero-order chi connectivity index (χ0) is 11.8. The van der Waals surface area contributed by atoms with Crippen LogP contribution in [0.3, 0.4) is 0 Å². The average molecular weight is 230 g/mol. The summed E-state index contributed by atoms with van der Waals surface area (Å²) in [5.74, 6) is 1.44. The Morgan fingerprint density at radius 1 is 1.18 bits per heavy atom. The fourth-order valence-corrected chi connectivity index (χ4v) is 3.64. The minimum atomic E-state index is -0.170. The Hall–Kier alpha value is -1.15. The molecule has 0 radical (unpaired) electrons. The third-order valence-corrected chi connectivity index (χ3v) is 4.42. The van der Waals surface area contributed by atoms with E-state index in [1.807, 2.05) is 18.2 Å². The summed E-state index contributed by atoms with van der Waals surface area (Å²) in [5, 5.41) is 9.69. The fourth-order valence-electron chi connectivity index (χ4n) is 3.64. The highest BCUT2D eigenvalue weighted by atomic mass is 16.3. The molecule has 1 N–H and O–H groups in total. The van der Waals surface area contributed by atoms with Crippen molar-refractivity contribution in [3.05, 3.63) is 35.9 Å². The summed E-state index contributed by atoms with van der Waals surface area (Å²) in [4.78, 5) is 12.0. The highest BCUT2D eigenvalue weighted by Crippen LogP contribution is 2.46. The monoisotopic (exact) mass is 230 g/mol. The van der Waals surface area contributed by atoms with Crippen LogP contribution in [0.25, 0.3) is 0 Å². The molecule has 0 aliphatic heterocycles. The number of aliphatic hydroxyl groups excluding tert-OH is 1. The number of carbonyl (C=O) groups is 1. The largest absolute Gasteiger partial charge is 0.393 e. The molecule has 0 spiro atoms. The van der Waals surface area contributed by atoms with Crippen LogP contribution in [0.1, 0.15) is 24.8 Å². The standard InChI is InChI=1S/C15H18O2/c16-12-7-11-8-15(17)14(13(11)9-12)6-10-4-2-1-3-5-10/h1-5,11-14,16H,6-9H2/t11-,12-,13-,14+/m0/s1. The lowest BCUT2D eigenvalue weighted by atomic mass is 9.87. The first-order valence-corrected chi connectivity index (χ1v) is 6.48. The molecule has 0 bridgehead atoms. The minimum Gasteiger partial charge on any atom is -0.393 e. The quantitative estimate of drug-likeness (QED) is 0.845. The van der Waals surface area contributed by atoms with E-state index in [2.05, 4.69) is 12.1 Å². The predicted molar refractivity (Wildman–Crippen MR) is 65.5 cm³/mol. The predicted octanol–water partition coefficient (Wildman–Crippen LogP) is 2.21. The maximum atomic E-state index is 12.0. The van der Waals surface area contributed by atoms with Crippen molar-refractivity contribution in [3.63, 3.8) is 0 Å². The number of ketones is 1. The molecule has 0 amide bonds. The summed E-state index contributed by atoms with van der Waals surface area (Å²) in [5.41, 5.74) is 1.24. The molecule has 4 atom stereocenters. The Labute approximate surface area is 102 Å². The number of hydrogen-bond acceptors (Lipinski definition) is 2. The van der Waals surface area contributed by atoms with Gasteiger partial charge in [-0.2, -0.15) is 0 Å². The molecule has 1 aromatic carbocycles. The number of benzene rings is 1. The Balaban J connectivity index is 1.76. The molecule has 0 unspecified atom stereocenters. The number of Topliss-reactive ketones (excluding diaryl/α,β-unsaturated/α-hetero) is 1. The van der Waals surface area contributed by atoms with Gasteiger partial charge in [0.05, 0.1) is 6.10 Å². The van der Waals surface area contributed by atoms with Crippen LogP contribution in [0.4, 0.5) is 0 Å². The summed E-state index contributed by atoms with van der Waals surface area (Å²) in [6, 6.07) is 10.2. The normalized spacial score (nSPS) is 36.2. The molecule has 90 valence electrons. The van der Waals surface area contributed by atoms with Crippen LogP contribution in [-0.2, 0) is 11.2 Å². The highest BCUT2D eigenvalue weighted by Gasteiger charge is 2.47. The van der Waals surface area contributed by atoms with Crippen molar-refractivity contribution in [2.45, 2.75) is 31.8 Å². The van der Waals surface area contributed by atoms with E-state index >= 15 is 0 Å². The van der Waals surface area contributed by atoms with Gasteiger partial charge in [0.15, 0.2) is 0 Å².